The summed E-state index contributed by atoms with van der Waals surface area (Å²) in [6.07, 6.45) is 3.89. The number of nitro benzene ring substituents is 1. The first-order valence-corrected chi connectivity index (χ1v) is 10.9. The van der Waals surface area contributed by atoms with Crippen LogP contribution in [0.15, 0.2) is 82.5 Å². The van der Waals surface area contributed by atoms with Crippen molar-refractivity contribution in [2.24, 2.45) is 0 Å². The van der Waals surface area contributed by atoms with Crippen LogP contribution in [0, 0.1) is 10.1 Å². The van der Waals surface area contributed by atoms with E-state index in [1.165, 1.54) is 12.1 Å². The third-order valence-electron chi connectivity index (χ3n) is 6.40. The molecule has 162 valence electrons. The molecule has 0 bridgehead atoms. The van der Waals surface area contributed by atoms with Crippen LogP contribution in [-0.2, 0) is 4.79 Å². The van der Waals surface area contributed by atoms with Crippen LogP contribution in [0.5, 0.6) is 0 Å². The number of allylic oxidation sites excluding steroid dienone is 2. The van der Waals surface area contributed by atoms with E-state index >= 15 is 0 Å². The zero-order valence-corrected chi connectivity index (χ0v) is 17.6. The highest BCUT2D eigenvalue weighted by atomic mass is 16.6. The number of Topliss-reactive ketones (excluding diaryl/α,β-unsaturated/α-hetero) is 1. The van der Waals surface area contributed by atoms with E-state index in [0.717, 1.165) is 46.3 Å². The van der Waals surface area contributed by atoms with Crippen molar-refractivity contribution < 1.29 is 14.1 Å². The number of benzene rings is 2. The number of aromatic nitrogens is 1. The van der Waals surface area contributed by atoms with Crippen LogP contribution in [0.1, 0.15) is 36.5 Å². The molecule has 0 fully saturated rings. The predicted molar refractivity (Wildman–Crippen MR) is 124 cm³/mol. The Morgan fingerprint density at radius 2 is 1.97 bits per heavy atom. The Balaban J connectivity index is 1.52. The first kappa shape index (κ1) is 19.4. The van der Waals surface area contributed by atoms with E-state index in [1.807, 2.05) is 36.4 Å². The van der Waals surface area contributed by atoms with E-state index in [9.17, 15) is 14.9 Å². The Morgan fingerprint density at radius 1 is 1.06 bits per heavy atom. The van der Waals surface area contributed by atoms with Gasteiger partial charge < -0.3 is 9.73 Å². The van der Waals surface area contributed by atoms with Gasteiger partial charge in [0, 0.05) is 47.0 Å². The van der Waals surface area contributed by atoms with Gasteiger partial charge in [-0.2, -0.15) is 0 Å². The molecule has 1 aliphatic heterocycles. The second-order valence-corrected chi connectivity index (χ2v) is 8.34. The summed E-state index contributed by atoms with van der Waals surface area (Å²) in [4.78, 5) is 28.3. The van der Waals surface area contributed by atoms with E-state index in [2.05, 4.69) is 10.3 Å². The highest BCUT2D eigenvalue weighted by molar-refractivity contribution is 6.04. The predicted octanol–water partition coefficient (Wildman–Crippen LogP) is 5.97. The van der Waals surface area contributed by atoms with Crippen LogP contribution in [0.4, 0.5) is 11.4 Å². The monoisotopic (exact) mass is 437 g/mol. The number of carbonyl (C=O) groups excluding carboxylic acids is 1. The standard InChI is InChI=1S/C26H19N3O4/c30-21-8-2-7-20-25(21)24(18-9-10-19-17(26(18)28-20)6-3-13-27-19)23-12-11-22(33-23)15-4-1-5-16(14-15)29(31)32/h1,3-6,9-14,24,28H,2,7-8H2. The summed E-state index contributed by atoms with van der Waals surface area (Å²) in [6.45, 7) is 0. The van der Waals surface area contributed by atoms with Crippen LogP contribution in [-0.4, -0.2) is 15.7 Å². The largest absolute Gasteiger partial charge is 0.460 e. The summed E-state index contributed by atoms with van der Waals surface area (Å²) >= 11 is 0. The van der Waals surface area contributed by atoms with E-state index in [0.29, 0.717) is 23.5 Å². The van der Waals surface area contributed by atoms with Gasteiger partial charge in [-0.3, -0.25) is 19.9 Å². The summed E-state index contributed by atoms with van der Waals surface area (Å²) < 4.78 is 6.26. The smallest absolute Gasteiger partial charge is 0.270 e. The molecule has 0 spiro atoms. The summed E-state index contributed by atoms with van der Waals surface area (Å²) in [6, 6.07) is 17.9. The topological polar surface area (TPSA) is 98.3 Å². The van der Waals surface area contributed by atoms with Crippen LogP contribution >= 0.6 is 0 Å². The fourth-order valence-corrected chi connectivity index (χ4v) is 4.92. The molecule has 3 heterocycles. The number of nitrogens with one attached hydrogen (secondary N) is 1. The molecule has 2 aromatic heterocycles. The second kappa shape index (κ2) is 7.41. The Kier molecular flexibility index (Phi) is 4.36. The van der Waals surface area contributed by atoms with E-state index in [4.69, 9.17) is 4.42 Å². The molecule has 2 aromatic carbocycles. The highest BCUT2D eigenvalue weighted by Gasteiger charge is 2.37. The van der Waals surface area contributed by atoms with Gasteiger partial charge in [0.1, 0.15) is 11.5 Å². The van der Waals surface area contributed by atoms with Gasteiger partial charge in [0.2, 0.25) is 0 Å². The molecule has 0 saturated heterocycles. The molecule has 1 unspecified atom stereocenters. The maximum Gasteiger partial charge on any atom is 0.270 e. The highest BCUT2D eigenvalue weighted by Crippen LogP contribution is 2.48. The number of ketones is 1. The van der Waals surface area contributed by atoms with Crippen molar-refractivity contribution in [1.82, 2.24) is 4.98 Å². The van der Waals surface area contributed by atoms with Crippen molar-refractivity contribution in [2.45, 2.75) is 25.2 Å². The summed E-state index contributed by atoms with van der Waals surface area (Å²) in [5.74, 6) is 0.951. The lowest BCUT2D eigenvalue weighted by Gasteiger charge is -2.33. The number of furan rings is 1. The number of nitro groups is 1. The SMILES string of the molecule is O=C1CCCC2=C1C(c1ccc(-c3cccc([N+](=O)[O-])c3)o1)c1ccc3ncccc3c1N2. The number of fused-ring (bicyclic) bond motifs is 3. The van der Waals surface area contributed by atoms with Gasteiger partial charge in [-0.25, -0.2) is 0 Å². The van der Waals surface area contributed by atoms with Gasteiger partial charge in [-0.05, 0) is 48.7 Å². The Morgan fingerprint density at radius 3 is 2.85 bits per heavy atom. The van der Waals surface area contributed by atoms with Crippen molar-refractivity contribution in [2.75, 3.05) is 5.32 Å². The Hall–Kier alpha value is -4.26. The van der Waals surface area contributed by atoms with Crippen molar-refractivity contribution >= 4 is 28.1 Å². The summed E-state index contributed by atoms with van der Waals surface area (Å²) in [5, 5.41) is 15.7. The van der Waals surface area contributed by atoms with E-state index in [1.54, 1.807) is 18.3 Å². The third kappa shape index (κ3) is 3.12. The third-order valence-corrected chi connectivity index (χ3v) is 6.40. The fourth-order valence-electron chi connectivity index (χ4n) is 4.92. The number of carbonyl (C=O) groups is 1. The molecule has 4 aromatic rings. The molecule has 33 heavy (non-hydrogen) atoms. The van der Waals surface area contributed by atoms with Crippen molar-refractivity contribution in [3.63, 3.8) is 0 Å². The quantitative estimate of drug-likeness (QED) is 0.313. The first-order valence-electron chi connectivity index (χ1n) is 10.9. The molecule has 6 rings (SSSR count). The molecule has 0 saturated carbocycles. The zero-order chi connectivity index (χ0) is 22.5. The van der Waals surface area contributed by atoms with Gasteiger partial charge in [-0.1, -0.05) is 18.2 Å². The van der Waals surface area contributed by atoms with Gasteiger partial charge >= 0.3 is 0 Å². The van der Waals surface area contributed by atoms with Gasteiger partial charge in [0.15, 0.2) is 5.78 Å². The number of anilines is 1. The number of hydrogen-bond acceptors (Lipinski definition) is 6. The maximum atomic E-state index is 13.1. The summed E-state index contributed by atoms with van der Waals surface area (Å²) in [7, 11) is 0. The van der Waals surface area contributed by atoms with Crippen LogP contribution in [0.3, 0.4) is 0 Å². The molecule has 1 aliphatic carbocycles. The van der Waals surface area contributed by atoms with Crippen LogP contribution in [0.2, 0.25) is 0 Å². The first-order chi connectivity index (χ1) is 16.1. The summed E-state index contributed by atoms with van der Waals surface area (Å²) in [5.41, 5.74) is 5.10. The van der Waals surface area contributed by atoms with E-state index < -0.39 is 4.92 Å². The molecule has 0 radical (unpaired) electrons. The minimum Gasteiger partial charge on any atom is -0.460 e. The van der Waals surface area contributed by atoms with E-state index in [-0.39, 0.29) is 17.4 Å². The number of nitrogens with zero attached hydrogens (tertiary/aromatic N) is 2. The van der Waals surface area contributed by atoms with Crippen molar-refractivity contribution in [1.29, 1.82) is 0 Å². The lowest BCUT2D eigenvalue weighted by Crippen LogP contribution is -2.26. The molecular formula is C26H19N3O4. The molecule has 1 N–H and O–H groups in total. The average molecular weight is 437 g/mol. The number of rotatable bonds is 3. The van der Waals surface area contributed by atoms with Crippen molar-refractivity contribution in [3.05, 3.63) is 99.6 Å². The fraction of sp³-hybridized carbons (Fsp3) is 0.154. The normalized spacial score (nSPS) is 17.5. The van der Waals surface area contributed by atoms with Crippen molar-refractivity contribution in [3.8, 4) is 11.3 Å². The molecule has 2 aliphatic rings. The van der Waals surface area contributed by atoms with Crippen LogP contribution in [0.25, 0.3) is 22.2 Å². The molecular weight excluding hydrogens is 418 g/mol. The number of hydrogen-bond donors (Lipinski definition) is 1. The lowest BCUT2D eigenvalue weighted by molar-refractivity contribution is -0.384. The Bertz CT molecular complexity index is 1480. The molecule has 7 heteroatoms. The molecule has 1 atom stereocenters. The minimum absolute atomic E-state index is 0.00378. The molecule has 7 nitrogen and oxygen atoms in total. The van der Waals surface area contributed by atoms with Gasteiger partial charge in [0.25, 0.3) is 5.69 Å². The van der Waals surface area contributed by atoms with Crippen LogP contribution < -0.4 is 5.32 Å². The van der Waals surface area contributed by atoms with Gasteiger partial charge in [0.05, 0.1) is 22.0 Å². The van der Waals surface area contributed by atoms with Gasteiger partial charge in [-0.15, -0.1) is 0 Å². The molecule has 0 amide bonds. The minimum atomic E-state index is -0.423. The number of non-ortho nitro benzene ring substituents is 1. The number of pyridine rings is 1. The zero-order valence-electron chi connectivity index (χ0n) is 17.6. The Labute approximate surface area is 188 Å². The average Bonchev–Trinajstić information content (AvgIpc) is 3.33. The maximum absolute atomic E-state index is 13.1. The second-order valence-electron chi connectivity index (χ2n) is 8.34. The lowest BCUT2D eigenvalue weighted by atomic mass is 9.77.